The van der Waals surface area contributed by atoms with Crippen LogP contribution in [0.15, 0.2) is 60.7 Å². The lowest BCUT2D eigenvalue weighted by Crippen LogP contribution is -2.57. The van der Waals surface area contributed by atoms with E-state index in [-0.39, 0.29) is 42.5 Å². The molecule has 9 heteroatoms. The number of hydrogen-bond acceptors (Lipinski definition) is 5. The summed E-state index contributed by atoms with van der Waals surface area (Å²) in [4.78, 5) is 56.6. The van der Waals surface area contributed by atoms with Crippen LogP contribution in [-0.4, -0.2) is 75.4 Å². The van der Waals surface area contributed by atoms with Crippen LogP contribution in [0.5, 0.6) is 0 Å². The molecule has 1 aliphatic carbocycles. The minimum atomic E-state index is -0.977. The number of carbonyl (C=O) groups is 4. The third-order valence-corrected chi connectivity index (χ3v) is 9.15. The number of aliphatic carboxylic acids is 1. The molecule has 0 spiro atoms. The van der Waals surface area contributed by atoms with Crippen molar-refractivity contribution in [2.24, 2.45) is 11.7 Å². The first-order valence-electron chi connectivity index (χ1n) is 15.3. The van der Waals surface area contributed by atoms with Gasteiger partial charge in [0.2, 0.25) is 17.7 Å². The monoisotopic (exact) mass is 574 g/mol. The minimum absolute atomic E-state index is 0.0625. The number of carboxylic acids is 1. The Morgan fingerprint density at radius 1 is 0.857 bits per heavy atom. The summed E-state index contributed by atoms with van der Waals surface area (Å²) in [5.74, 6) is -1.68. The van der Waals surface area contributed by atoms with E-state index < -0.39 is 30.1 Å². The van der Waals surface area contributed by atoms with Gasteiger partial charge in [-0.25, -0.2) is 4.79 Å². The molecule has 0 unspecified atom stereocenters. The van der Waals surface area contributed by atoms with Crippen LogP contribution in [-0.2, 0) is 32.0 Å². The molecule has 2 saturated heterocycles. The number of nitrogens with two attached hydrogens (primary N) is 1. The van der Waals surface area contributed by atoms with Crippen molar-refractivity contribution in [3.8, 4) is 0 Å². The van der Waals surface area contributed by atoms with Gasteiger partial charge >= 0.3 is 5.97 Å². The first-order chi connectivity index (χ1) is 20.3. The van der Waals surface area contributed by atoms with Crippen molar-refractivity contribution in [3.05, 3.63) is 71.8 Å². The summed E-state index contributed by atoms with van der Waals surface area (Å²) >= 11 is 0. The molecule has 0 radical (unpaired) electrons. The largest absolute Gasteiger partial charge is 0.480 e. The average molecular weight is 575 g/mol. The fourth-order valence-corrected chi connectivity index (χ4v) is 7.19. The highest BCUT2D eigenvalue weighted by Gasteiger charge is 2.51. The van der Waals surface area contributed by atoms with Gasteiger partial charge in [0, 0.05) is 31.5 Å². The summed E-state index contributed by atoms with van der Waals surface area (Å²) in [6.45, 7) is 0.392. The number of benzene rings is 2. The van der Waals surface area contributed by atoms with Gasteiger partial charge in [-0.3, -0.25) is 14.4 Å². The van der Waals surface area contributed by atoms with Gasteiger partial charge in [-0.2, -0.15) is 0 Å². The fourth-order valence-electron chi connectivity index (χ4n) is 7.19. The Balaban J connectivity index is 1.31. The zero-order valence-electron chi connectivity index (χ0n) is 24.1. The molecule has 2 heterocycles. The molecule has 6 atom stereocenters. The van der Waals surface area contributed by atoms with Crippen molar-refractivity contribution in [2.45, 2.75) is 94.4 Å². The average Bonchev–Trinajstić information content (AvgIpc) is 3.63. The lowest BCUT2D eigenvalue weighted by Gasteiger charge is -2.37. The molecule has 2 aliphatic heterocycles. The van der Waals surface area contributed by atoms with Crippen LogP contribution in [0.1, 0.15) is 62.5 Å². The topological polar surface area (TPSA) is 133 Å². The van der Waals surface area contributed by atoms with Gasteiger partial charge in [-0.15, -0.1) is 0 Å². The second-order valence-electron chi connectivity index (χ2n) is 12.1. The highest BCUT2D eigenvalue weighted by atomic mass is 16.4. The quantitative estimate of drug-likeness (QED) is 0.400. The Hall–Kier alpha value is -3.72. The van der Waals surface area contributed by atoms with Gasteiger partial charge < -0.3 is 26.0 Å². The molecule has 2 aromatic carbocycles. The van der Waals surface area contributed by atoms with E-state index in [1.54, 1.807) is 9.80 Å². The molecule has 9 nitrogen and oxygen atoms in total. The second-order valence-corrected chi connectivity index (χ2v) is 12.1. The lowest BCUT2D eigenvalue weighted by atomic mass is 9.84. The molecule has 0 aromatic heterocycles. The van der Waals surface area contributed by atoms with E-state index in [1.807, 2.05) is 60.7 Å². The summed E-state index contributed by atoms with van der Waals surface area (Å²) in [5.41, 5.74) is 8.23. The third-order valence-electron chi connectivity index (χ3n) is 9.15. The van der Waals surface area contributed by atoms with Crippen LogP contribution >= 0.6 is 0 Å². The molecule has 4 N–H and O–H groups in total. The van der Waals surface area contributed by atoms with Crippen molar-refractivity contribution in [1.82, 2.24) is 15.1 Å². The molecule has 224 valence electrons. The van der Waals surface area contributed by atoms with Gasteiger partial charge in [0.1, 0.15) is 18.1 Å². The van der Waals surface area contributed by atoms with Gasteiger partial charge in [0.05, 0.1) is 0 Å². The lowest BCUT2D eigenvalue weighted by molar-refractivity contribution is -0.154. The summed E-state index contributed by atoms with van der Waals surface area (Å²) in [6.07, 6.45) is 6.26. The van der Waals surface area contributed by atoms with E-state index in [9.17, 15) is 24.3 Å². The van der Waals surface area contributed by atoms with Crippen LogP contribution in [0.2, 0.25) is 0 Å². The molecule has 1 saturated carbocycles. The summed E-state index contributed by atoms with van der Waals surface area (Å²) in [6, 6.07) is 16.3. The molecule has 5 rings (SSSR count). The van der Waals surface area contributed by atoms with Crippen molar-refractivity contribution >= 4 is 23.7 Å². The number of hydrogen-bond donors (Lipinski definition) is 3. The van der Waals surface area contributed by atoms with Crippen molar-refractivity contribution < 1.29 is 24.3 Å². The van der Waals surface area contributed by atoms with E-state index >= 15 is 0 Å². The SMILES string of the molecule is N[C@H](CC(=O)N[C@@H](Cc1ccccc1)C(=O)N1CCC[C@H]1C(=O)N1[C@H](C(=O)O)C[C@@H]2CCCC[C@@H]21)Cc1ccccc1. The Morgan fingerprint density at radius 2 is 1.50 bits per heavy atom. The predicted molar refractivity (Wildman–Crippen MR) is 158 cm³/mol. The minimum Gasteiger partial charge on any atom is -0.480 e. The Labute approximate surface area is 247 Å². The standard InChI is InChI=1S/C33H42N4O5/c34-25(18-22-10-3-1-4-11-22)21-30(38)35-26(19-23-12-5-2-6-13-23)31(39)36-17-9-16-28(36)32(40)37-27-15-8-7-14-24(27)20-29(37)33(41)42/h1-6,10-13,24-29H,7-9,14-21,34H2,(H,35,38)(H,41,42)/t24-,25-,26-,27-,28-,29-/m0/s1. The number of nitrogens with zero attached hydrogens (tertiary/aromatic N) is 2. The van der Waals surface area contributed by atoms with Crippen LogP contribution < -0.4 is 11.1 Å². The fraction of sp³-hybridized carbons (Fsp3) is 0.515. The van der Waals surface area contributed by atoms with Crippen LogP contribution in [0, 0.1) is 5.92 Å². The smallest absolute Gasteiger partial charge is 0.326 e. The number of fused-ring (bicyclic) bond motifs is 1. The number of nitrogens with one attached hydrogen (secondary N) is 1. The Bertz CT molecular complexity index is 1260. The van der Waals surface area contributed by atoms with E-state index in [1.165, 1.54) is 0 Å². The van der Waals surface area contributed by atoms with Gasteiger partial charge in [0.15, 0.2) is 0 Å². The number of likely N-dealkylation sites (tertiary alicyclic amines) is 2. The maximum absolute atomic E-state index is 14.1. The number of amides is 3. The van der Waals surface area contributed by atoms with Crippen LogP contribution in [0.4, 0.5) is 0 Å². The molecule has 2 aromatic rings. The Kier molecular flexibility index (Phi) is 9.57. The second kappa shape index (κ2) is 13.5. The molecular weight excluding hydrogens is 532 g/mol. The molecule has 42 heavy (non-hydrogen) atoms. The molecule has 0 bridgehead atoms. The molecule has 3 fully saturated rings. The molecule has 3 amide bonds. The van der Waals surface area contributed by atoms with Crippen LogP contribution in [0.3, 0.4) is 0 Å². The van der Waals surface area contributed by atoms with Crippen molar-refractivity contribution in [3.63, 3.8) is 0 Å². The third kappa shape index (κ3) is 6.84. The van der Waals surface area contributed by atoms with Crippen LogP contribution in [0.25, 0.3) is 0 Å². The highest BCUT2D eigenvalue weighted by Crippen LogP contribution is 2.41. The highest BCUT2D eigenvalue weighted by molar-refractivity contribution is 5.94. The normalized spacial score (nSPS) is 25.0. The van der Waals surface area contributed by atoms with E-state index in [0.29, 0.717) is 32.2 Å². The van der Waals surface area contributed by atoms with E-state index in [2.05, 4.69) is 5.32 Å². The van der Waals surface area contributed by atoms with Crippen molar-refractivity contribution in [1.29, 1.82) is 0 Å². The van der Waals surface area contributed by atoms with Gasteiger partial charge in [0.25, 0.3) is 0 Å². The molecule has 3 aliphatic rings. The van der Waals surface area contributed by atoms with E-state index in [4.69, 9.17) is 5.73 Å². The maximum Gasteiger partial charge on any atom is 0.326 e. The number of rotatable bonds is 10. The maximum atomic E-state index is 14.1. The predicted octanol–water partition coefficient (Wildman–Crippen LogP) is 2.91. The number of carboxylic acid groups (broad SMARTS) is 1. The molecular formula is C33H42N4O5. The van der Waals surface area contributed by atoms with E-state index in [0.717, 1.165) is 36.8 Å². The summed E-state index contributed by atoms with van der Waals surface area (Å²) in [7, 11) is 0. The van der Waals surface area contributed by atoms with Gasteiger partial charge in [-0.05, 0) is 55.6 Å². The first-order valence-corrected chi connectivity index (χ1v) is 15.3. The zero-order valence-corrected chi connectivity index (χ0v) is 24.1. The van der Waals surface area contributed by atoms with Gasteiger partial charge in [-0.1, -0.05) is 73.5 Å². The number of carbonyl (C=O) groups excluding carboxylic acids is 3. The first kappa shape index (κ1) is 29.8. The summed E-state index contributed by atoms with van der Waals surface area (Å²) < 4.78 is 0. The van der Waals surface area contributed by atoms with Crippen molar-refractivity contribution in [2.75, 3.05) is 6.54 Å². The Morgan fingerprint density at radius 3 is 2.17 bits per heavy atom. The zero-order chi connectivity index (χ0) is 29.6. The summed E-state index contributed by atoms with van der Waals surface area (Å²) in [5, 5.41) is 12.9.